The number of hydrogen-bond acceptors (Lipinski definition) is 4. The molecule has 0 bridgehead atoms. The average molecular weight is 316 g/mol. The molecule has 6 heteroatoms. The van der Waals surface area contributed by atoms with Crippen LogP contribution < -0.4 is 10.6 Å². The molecule has 0 radical (unpaired) electrons. The summed E-state index contributed by atoms with van der Waals surface area (Å²) in [7, 11) is 0. The Morgan fingerprint density at radius 2 is 1.83 bits per heavy atom. The van der Waals surface area contributed by atoms with Crippen molar-refractivity contribution in [3.05, 3.63) is 29.6 Å². The van der Waals surface area contributed by atoms with E-state index < -0.39 is 0 Å². The Morgan fingerprint density at radius 3 is 2.48 bits per heavy atom. The molecule has 3 rings (SSSR count). The number of carbonyl (C=O) groups excluding carboxylic acids is 2. The second-order valence-corrected chi connectivity index (χ2v) is 6.62. The van der Waals surface area contributed by atoms with Crippen molar-refractivity contribution in [2.24, 2.45) is 0 Å². The molecule has 1 aromatic rings. The van der Waals surface area contributed by atoms with E-state index in [0.29, 0.717) is 18.2 Å². The van der Waals surface area contributed by atoms with Gasteiger partial charge in [-0.15, -0.1) is 0 Å². The molecule has 2 aliphatic rings. The molecular formula is C17H24N4O2. The van der Waals surface area contributed by atoms with Crippen LogP contribution in [0.25, 0.3) is 0 Å². The van der Waals surface area contributed by atoms with E-state index in [1.165, 1.54) is 0 Å². The fraction of sp³-hybridized carbons (Fsp3) is 0.588. The number of rotatable bonds is 5. The molecule has 0 unspecified atom stereocenters. The van der Waals surface area contributed by atoms with Gasteiger partial charge in [-0.2, -0.15) is 0 Å². The number of amides is 2. The van der Waals surface area contributed by atoms with Gasteiger partial charge in [-0.1, -0.05) is 0 Å². The maximum absolute atomic E-state index is 12.2. The Bertz CT molecular complexity index is 578. The molecule has 1 aliphatic heterocycles. The first-order valence-corrected chi connectivity index (χ1v) is 8.34. The Labute approximate surface area is 136 Å². The van der Waals surface area contributed by atoms with Gasteiger partial charge in [0.2, 0.25) is 5.91 Å². The van der Waals surface area contributed by atoms with E-state index in [4.69, 9.17) is 0 Å². The van der Waals surface area contributed by atoms with Gasteiger partial charge in [0.1, 0.15) is 0 Å². The molecule has 2 N–H and O–H groups in total. The summed E-state index contributed by atoms with van der Waals surface area (Å²) in [6, 6.07) is 2.44. The Hall–Kier alpha value is -1.95. The lowest BCUT2D eigenvalue weighted by atomic mass is 10.0. The van der Waals surface area contributed by atoms with E-state index in [1.807, 2.05) is 13.0 Å². The molecule has 1 saturated carbocycles. The van der Waals surface area contributed by atoms with Crippen LogP contribution in [0.2, 0.25) is 0 Å². The minimum Gasteiger partial charge on any atom is -0.352 e. The first-order chi connectivity index (χ1) is 11.1. The predicted octanol–water partition coefficient (Wildman–Crippen LogP) is 0.863. The smallest absolute Gasteiger partial charge is 0.253 e. The number of aromatic nitrogens is 1. The van der Waals surface area contributed by atoms with E-state index in [2.05, 4.69) is 20.5 Å². The molecule has 2 heterocycles. The highest BCUT2D eigenvalue weighted by Gasteiger charge is 2.26. The largest absolute Gasteiger partial charge is 0.352 e. The number of nitrogens with zero attached hydrogens (tertiary/aromatic N) is 2. The van der Waals surface area contributed by atoms with Gasteiger partial charge < -0.3 is 10.6 Å². The van der Waals surface area contributed by atoms with E-state index in [9.17, 15) is 9.59 Å². The van der Waals surface area contributed by atoms with Gasteiger partial charge in [0.25, 0.3) is 5.91 Å². The number of carbonyl (C=O) groups is 2. The highest BCUT2D eigenvalue weighted by Crippen LogP contribution is 2.18. The van der Waals surface area contributed by atoms with Gasteiger partial charge in [-0.05, 0) is 44.2 Å². The fourth-order valence-electron chi connectivity index (χ4n) is 2.89. The third-order valence-corrected chi connectivity index (χ3v) is 4.37. The van der Waals surface area contributed by atoms with Crippen LogP contribution in [0.3, 0.4) is 0 Å². The molecule has 6 nitrogen and oxygen atoms in total. The number of likely N-dealkylation sites (tertiary alicyclic amines) is 1. The molecule has 0 spiro atoms. The lowest BCUT2D eigenvalue weighted by molar-refractivity contribution is -0.122. The van der Waals surface area contributed by atoms with Crippen molar-refractivity contribution in [2.75, 3.05) is 19.6 Å². The molecule has 1 saturated heterocycles. The summed E-state index contributed by atoms with van der Waals surface area (Å²) < 4.78 is 0. The minimum atomic E-state index is -0.0638. The van der Waals surface area contributed by atoms with Crippen molar-refractivity contribution in [2.45, 2.75) is 44.7 Å². The molecule has 1 aromatic heterocycles. The van der Waals surface area contributed by atoms with Crippen LogP contribution >= 0.6 is 0 Å². The van der Waals surface area contributed by atoms with Gasteiger partial charge in [-0.3, -0.25) is 19.5 Å². The van der Waals surface area contributed by atoms with Crippen molar-refractivity contribution in [1.82, 2.24) is 20.5 Å². The van der Waals surface area contributed by atoms with Crippen molar-refractivity contribution < 1.29 is 9.59 Å². The van der Waals surface area contributed by atoms with Crippen LogP contribution in [0.4, 0.5) is 0 Å². The molecule has 124 valence electrons. The molecular weight excluding hydrogens is 292 g/mol. The van der Waals surface area contributed by atoms with Crippen LogP contribution in [0.1, 0.15) is 41.6 Å². The van der Waals surface area contributed by atoms with E-state index in [1.54, 1.807) is 12.4 Å². The second kappa shape index (κ2) is 7.08. The van der Waals surface area contributed by atoms with E-state index >= 15 is 0 Å². The van der Waals surface area contributed by atoms with Crippen LogP contribution in [-0.4, -0.2) is 53.4 Å². The topological polar surface area (TPSA) is 74.3 Å². The monoisotopic (exact) mass is 316 g/mol. The standard InChI is InChI=1S/C17H24N4O2/c1-12-8-13(10-18-9-12)17(23)20-15-4-6-21(7-5-15)11-16(22)19-14-2-3-14/h8-10,14-15H,2-7,11H2,1H3,(H,19,22)(H,20,23). The quantitative estimate of drug-likeness (QED) is 0.845. The zero-order chi connectivity index (χ0) is 16.2. The summed E-state index contributed by atoms with van der Waals surface area (Å²) in [6.07, 6.45) is 7.33. The highest BCUT2D eigenvalue weighted by atomic mass is 16.2. The molecule has 2 amide bonds. The Kier molecular flexibility index (Phi) is 4.91. The summed E-state index contributed by atoms with van der Waals surface area (Å²) in [5.74, 6) is 0.0620. The lowest BCUT2D eigenvalue weighted by Gasteiger charge is -2.31. The van der Waals surface area contributed by atoms with E-state index in [-0.39, 0.29) is 17.9 Å². The van der Waals surface area contributed by atoms with Gasteiger partial charge in [0.05, 0.1) is 12.1 Å². The van der Waals surface area contributed by atoms with Gasteiger partial charge in [0, 0.05) is 37.6 Å². The maximum atomic E-state index is 12.2. The summed E-state index contributed by atoms with van der Waals surface area (Å²) in [5, 5.41) is 6.09. The van der Waals surface area contributed by atoms with Crippen molar-refractivity contribution in [3.63, 3.8) is 0 Å². The number of pyridine rings is 1. The summed E-state index contributed by atoms with van der Waals surface area (Å²) in [5.41, 5.74) is 1.59. The predicted molar refractivity (Wildman–Crippen MR) is 87.1 cm³/mol. The number of hydrogen-bond donors (Lipinski definition) is 2. The zero-order valence-electron chi connectivity index (χ0n) is 13.5. The van der Waals surface area contributed by atoms with Gasteiger partial charge in [-0.25, -0.2) is 0 Å². The SMILES string of the molecule is Cc1cncc(C(=O)NC2CCN(CC(=O)NC3CC3)CC2)c1. The molecule has 2 fully saturated rings. The second-order valence-electron chi connectivity index (χ2n) is 6.62. The Morgan fingerprint density at radius 1 is 1.13 bits per heavy atom. The van der Waals surface area contributed by atoms with E-state index in [0.717, 1.165) is 44.3 Å². The summed E-state index contributed by atoms with van der Waals surface area (Å²) >= 11 is 0. The van der Waals surface area contributed by atoms with Gasteiger partial charge >= 0.3 is 0 Å². The third kappa shape index (κ3) is 4.76. The number of nitrogens with one attached hydrogen (secondary N) is 2. The zero-order valence-corrected chi connectivity index (χ0v) is 13.5. The first kappa shape index (κ1) is 15.9. The first-order valence-electron chi connectivity index (χ1n) is 8.34. The summed E-state index contributed by atoms with van der Waals surface area (Å²) in [4.78, 5) is 30.3. The maximum Gasteiger partial charge on any atom is 0.253 e. The molecule has 1 aliphatic carbocycles. The van der Waals surface area contributed by atoms with Crippen LogP contribution in [0.15, 0.2) is 18.5 Å². The average Bonchev–Trinajstić information content (AvgIpc) is 3.33. The number of aryl methyl sites for hydroxylation is 1. The van der Waals surface area contributed by atoms with Crippen LogP contribution in [0.5, 0.6) is 0 Å². The number of piperidine rings is 1. The minimum absolute atomic E-state index is 0.0638. The summed E-state index contributed by atoms with van der Waals surface area (Å²) in [6.45, 7) is 4.08. The highest BCUT2D eigenvalue weighted by molar-refractivity contribution is 5.94. The Balaban J connectivity index is 1.41. The fourth-order valence-corrected chi connectivity index (χ4v) is 2.89. The van der Waals surface area contributed by atoms with Crippen LogP contribution in [0, 0.1) is 6.92 Å². The van der Waals surface area contributed by atoms with Gasteiger partial charge in [0.15, 0.2) is 0 Å². The van der Waals surface area contributed by atoms with Crippen molar-refractivity contribution >= 4 is 11.8 Å². The molecule has 0 aromatic carbocycles. The lowest BCUT2D eigenvalue weighted by Crippen LogP contribution is -2.47. The van der Waals surface area contributed by atoms with Crippen LogP contribution in [-0.2, 0) is 4.79 Å². The normalized spacial score (nSPS) is 19.3. The van der Waals surface area contributed by atoms with Crippen molar-refractivity contribution in [3.8, 4) is 0 Å². The molecule has 23 heavy (non-hydrogen) atoms. The molecule has 0 atom stereocenters. The van der Waals surface area contributed by atoms with Crippen molar-refractivity contribution in [1.29, 1.82) is 0 Å². The third-order valence-electron chi connectivity index (χ3n) is 4.37.